The Balaban J connectivity index is 2.85. The molecule has 0 saturated carbocycles. The normalized spacial score (nSPS) is 9.00. The predicted octanol–water partition coefficient (Wildman–Crippen LogP) is 1.68. The molecule has 3 nitrogen and oxygen atoms in total. The van der Waals surface area contributed by atoms with Crippen molar-refractivity contribution in [2.24, 2.45) is 0 Å². The van der Waals surface area contributed by atoms with Gasteiger partial charge in [-0.15, -0.1) is 0 Å². The highest BCUT2D eigenvalue weighted by Gasteiger charge is 1.96. The summed E-state index contributed by atoms with van der Waals surface area (Å²) in [5, 5.41) is 7.40. The van der Waals surface area contributed by atoms with Crippen molar-refractivity contribution in [1.29, 1.82) is 5.41 Å². The van der Waals surface area contributed by atoms with Gasteiger partial charge in [-0.3, -0.25) is 0 Å². The number of rotatable bonds is 2. The second-order valence-corrected chi connectivity index (χ2v) is 2.87. The van der Waals surface area contributed by atoms with Crippen LogP contribution in [0.25, 0.3) is 0 Å². The molecular weight excluding hydrogens is 196 g/mol. The summed E-state index contributed by atoms with van der Waals surface area (Å²) in [6.45, 7) is 1.95. The van der Waals surface area contributed by atoms with Crippen LogP contribution in [0.15, 0.2) is 18.2 Å². The third kappa shape index (κ3) is 3.21. The molecule has 1 rings (SSSR count). The average Bonchev–Trinajstić information content (AvgIpc) is 2.19. The van der Waals surface area contributed by atoms with Crippen molar-refractivity contribution in [2.75, 3.05) is 6.61 Å². The minimum Gasteiger partial charge on any atom is -0.306 e. The molecular formula is C10H10N2OS. The minimum absolute atomic E-state index is 0.262. The van der Waals surface area contributed by atoms with Gasteiger partial charge < -0.3 is 9.59 Å². The van der Waals surface area contributed by atoms with E-state index in [1.165, 1.54) is 0 Å². The lowest BCUT2D eigenvalue weighted by Crippen LogP contribution is -1.97. The Morgan fingerprint density at radius 3 is 3.07 bits per heavy atom. The van der Waals surface area contributed by atoms with Crippen LogP contribution >= 0.6 is 12.9 Å². The van der Waals surface area contributed by atoms with Gasteiger partial charge in [0.25, 0.3) is 0 Å². The third-order valence-electron chi connectivity index (χ3n) is 1.49. The van der Waals surface area contributed by atoms with E-state index in [1.807, 2.05) is 6.07 Å². The van der Waals surface area contributed by atoms with Crippen LogP contribution in [0.5, 0.6) is 0 Å². The first-order valence-electron chi connectivity index (χ1n) is 4.02. The molecule has 0 aliphatic heterocycles. The van der Waals surface area contributed by atoms with Crippen LogP contribution in [0.1, 0.15) is 18.3 Å². The molecule has 0 radical (unpaired) electrons. The lowest BCUT2D eigenvalue weighted by atomic mass is 10.2. The molecule has 1 heterocycles. The fraction of sp³-hybridized carbons (Fsp3) is 0.200. The van der Waals surface area contributed by atoms with Gasteiger partial charge in [-0.25, -0.2) is 4.98 Å². The van der Waals surface area contributed by atoms with Gasteiger partial charge in [0.1, 0.15) is 12.3 Å². The molecule has 0 aromatic carbocycles. The summed E-state index contributed by atoms with van der Waals surface area (Å²) in [7, 11) is 0. The van der Waals surface area contributed by atoms with Crippen molar-refractivity contribution in [2.45, 2.75) is 6.92 Å². The Bertz CT molecular complexity index is 393. The van der Waals surface area contributed by atoms with E-state index < -0.39 is 0 Å². The van der Waals surface area contributed by atoms with Crippen LogP contribution in [-0.2, 0) is 4.18 Å². The van der Waals surface area contributed by atoms with E-state index in [1.54, 1.807) is 19.1 Å². The number of hydrogen-bond acceptors (Lipinski definition) is 4. The first-order valence-corrected chi connectivity index (χ1v) is 4.38. The summed E-state index contributed by atoms with van der Waals surface area (Å²) in [6.07, 6.45) is 0. The predicted molar refractivity (Wildman–Crippen MR) is 58.6 cm³/mol. The lowest BCUT2D eigenvalue weighted by molar-refractivity contribution is 0.447. The highest BCUT2D eigenvalue weighted by Crippen LogP contribution is 1.98. The van der Waals surface area contributed by atoms with Gasteiger partial charge in [-0.1, -0.05) is 12.0 Å². The molecule has 0 aliphatic rings. The van der Waals surface area contributed by atoms with Gasteiger partial charge in [0, 0.05) is 0 Å². The molecule has 0 spiro atoms. The monoisotopic (exact) mass is 206 g/mol. The van der Waals surface area contributed by atoms with Crippen molar-refractivity contribution in [3.05, 3.63) is 29.6 Å². The van der Waals surface area contributed by atoms with Crippen LogP contribution in [0.3, 0.4) is 0 Å². The quantitative estimate of drug-likeness (QED) is 0.335. The molecule has 72 valence electrons. The van der Waals surface area contributed by atoms with Gasteiger partial charge in [-0.2, -0.15) is 0 Å². The largest absolute Gasteiger partial charge is 0.306 e. The summed E-state index contributed by atoms with van der Waals surface area (Å²) >= 11 is 3.56. The molecule has 0 saturated heterocycles. The zero-order chi connectivity index (χ0) is 10.4. The van der Waals surface area contributed by atoms with Crippen molar-refractivity contribution >= 4 is 18.6 Å². The zero-order valence-corrected chi connectivity index (χ0v) is 8.64. The summed E-state index contributed by atoms with van der Waals surface area (Å²) in [4.78, 5) is 4.17. The maximum atomic E-state index is 7.40. The van der Waals surface area contributed by atoms with Crippen LogP contribution in [-0.4, -0.2) is 17.3 Å². The maximum Gasteiger partial charge on any atom is 0.122 e. The molecule has 0 atom stereocenters. The van der Waals surface area contributed by atoms with Crippen molar-refractivity contribution in [1.82, 2.24) is 4.98 Å². The summed E-state index contributed by atoms with van der Waals surface area (Å²) < 4.78 is 4.49. The SMILES string of the molecule is CC(=N)c1cccc(C#CCOS)n1. The molecule has 0 fully saturated rings. The number of hydrogen-bond donors (Lipinski definition) is 2. The highest BCUT2D eigenvalue weighted by atomic mass is 32.1. The van der Waals surface area contributed by atoms with Crippen molar-refractivity contribution in [3.63, 3.8) is 0 Å². The molecule has 0 amide bonds. The molecule has 0 aliphatic carbocycles. The van der Waals surface area contributed by atoms with Gasteiger partial charge in [0.05, 0.1) is 11.4 Å². The standard InChI is InChI=1S/C10H10N2OS/c1-8(11)10-6-2-4-9(12-10)5-3-7-13-14/h2,4,6,11,14H,7H2,1H3. The topological polar surface area (TPSA) is 46.0 Å². The number of nitrogens with one attached hydrogen (secondary N) is 1. The number of aromatic nitrogens is 1. The summed E-state index contributed by atoms with van der Waals surface area (Å²) in [5.41, 5.74) is 1.71. The van der Waals surface area contributed by atoms with E-state index in [0.29, 0.717) is 17.1 Å². The van der Waals surface area contributed by atoms with Gasteiger partial charge in [-0.05, 0) is 37.9 Å². The van der Waals surface area contributed by atoms with Gasteiger partial charge >= 0.3 is 0 Å². The van der Waals surface area contributed by atoms with Crippen LogP contribution in [0.4, 0.5) is 0 Å². The Morgan fingerprint density at radius 1 is 1.64 bits per heavy atom. The molecule has 1 aromatic heterocycles. The second-order valence-electron chi connectivity index (χ2n) is 2.61. The average molecular weight is 206 g/mol. The van der Waals surface area contributed by atoms with E-state index in [2.05, 4.69) is 33.9 Å². The third-order valence-corrected chi connectivity index (χ3v) is 1.62. The smallest absolute Gasteiger partial charge is 0.122 e. The number of thiol groups is 1. The van der Waals surface area contributed by atoms with E-state index >= 15 is 0 Å². The molecule has 14 heavy (non-hydrogen) atoms. The molecule has 4 heteroatoms. The van der Waals surface area contributed by atoms with E-state index in [9.17, 15) is 0 Å². The van der Waals surface area contributed by atoms with Crippen LogP contribution in [0, 0.1) is 17.3 Å². The molecule has 0 bridgehead atoms. The highest BCUT2D eigenvalue weighted by molar-refractivity contribution is 7.75. The Morgan fingerprint density at radius 2 is 2.43 bits per heavy atom. The lowest BCUT2D eigenvalue weighted by Gasteiger charge is -1.96. The van der Waals surface area contributed by atoms with Gasteiger partial charge in [0.15, 0.2) is 0 Å². The summed E-state index contributed by atoms with van der Waals surface area (Å²) in [6, 6.07) is 5.40. The second kappa shape index (κ2) is 5.43. The fourth-order valence-corrected chi connectivity index (χ4v) is 0.937. The fourth-order valence-electron chi connectivity index (χ4n) is 0.872. The van der Waals surface area contributed by atoms with E-state index in [-0.39, 0.29) is 6.61 Å². The minimum atomic E-state index is 0.262. The molecule has 0 unspecified atom stereocenters. The molecule has 1 aromatic rings. The Hall–Kier alpha value is -1.31. The first kappa shape index (κ1) is 10.8. The van der Waals surface area contributed by atoms with E-state index in [0.717, 1.165) is 0 Å². The van der Waals surface area contributed by atoms with E-state index in [4.69, 9.17) is 5.41 Å². The van der Waals surface area contributed by atoms with Crippen molar-refractivity contribution in [3.8, 4) is 11.8 Å². The molecule has 1 N–H and O–H groups in total. The zero-order valence-electron chi connectivity index (χ0n) is 7.74. The maximum absolute atomic E-state index is 7.40. The van der Waals surface area contributed by atoms with Gasteiger partial charge in [0.2, 0.25) is 0 Å². The van der Waals surface area contributed by atoms with Crippen LogP contribution in [0.2, 0.25) is 0 Å². The number of nitrogens with zero attached hydrogens (tertiary/aromatic N) is 1. The first-order chi connectivity index (χ1) is 6.74. The Kier molecular flexibility index (Phi) is 4.17. The summed E-state index contributed by atoms with van der Waals surface area (Å²) in [5.74, 6) is 5.55. The Labute approximate surface area is 88.6 Å². The van der Waals surface area contributed by atoms with Crippen molar-refractivity contribution < 1.29 is 4.18 Å². The van der Waals surface area contributed by atoms with Crippen LogP contribution < -0.4 is 0 Å². The number of pyridine rings is 1.